The molecular formula is C22H26N6O. The molecule has 1 aliphatic heterocycles. The Hall–Kier alpha value is -2.83. The van der Waals surface area contributed by atoms with Gasteiger partial charge >= 0.3 is 0 Å². The van der Waals surface area contributed by atoms with Crippen LogP contribution in [0.15, 0.2) is 35.8 Å². The summed E-state index contributed by atoms with van der Waals surface area (Å²) in [6.45, 7) is 6.46. The van der Waals surface area contributed by atoms with Crippen LogP contribution in [0.4, 0.5) is 5.82 Å². The highest BCUT2D eigenvalue weighted by Gasteiger charge is 2.43. The molecule has 1 saturated carbocycles. The monoisotopic (exact) mass is 390 g/mol. The molecule has 5 rings (SSSR count). The molecule has 7 nitrogen and oxygen atoms in total. The molecule has 4 heterocycles. The maximum Gasteiger partial charge on any atom is 0.269 e. The van der Waals surface area contributed by atoms with E-state index in [1.165, 1.54) is 42.9 Å². The minimum atomic E-state index is -0.152. The number of pyridine rings is 1. The van der Waals surface area contributed by atoms with Gasteiger partial charge in [-0.15, -0.1) is 0 Å². The Kier molecular flexibility index (Phi) is 4.33. The third-order valence-corrected chi connectivity index (χ3v) is 6.69. The predicted molar refractivity (Wildman–Crippen MR) is 112 cm³/mol. The fraction of sp³-hybridized carbons (Fsp3) is 0.500. The second kappa shape index (κ2) is 6.90. The topological polar surface area (TPSA) is 76.8 Å². The van der Waals surface area contributed by atoms with E-state index in [0.717, 1.165) is 30.5 Å². The van der Waals surface area contributed by atoms with Crippen molar-refractivity contribution in [2.24, 2.45) is 11.3 Å². The van der Waals surface area contributed by atoms with Crippen LogP contribution in [0.25, 0.3) is 16.7 Å². The maximum atomic E-state index is 13.0. The average Bonchev–Trinajstić information content (AvgIpc) is 2.73. The molecule has 150 valence electrons. The summed E-state index contributed by atoms with van der Waals surface area (Å²) in [5.74, 6) is 1.88. The summed E-state index contributed by atoms with van der Waals surface area (Å²) in [5.41, 5.74) is 2.31. The molecule has 7 heteroatoms. The van der Waals surface area contributed by atoms with E-state index in [-0.39, 0.29) is 5.56 Å². The summed E-state index contributed by atoms with van der Waals surface area (Å²) < 4.78 is 1.53. The van der Waals surface area contributed by atoms with Gasteiger partial charge in [0.1, 0.15) is 23.9 Å². The third-order valence-electron chi connectivity index (χ3n) is 6.69. The Labute approximate surface area is 169 Å². The number of hydrogen-bond acceptors (Lipinski definition) is 6. The van der Waals surface area contributed by atoms with Crippen molar-refractivity contribution < 1.29 is 0 Å². The first kappa shape index (κ1) is 18.2. The first-order valence-corrected chi connectivity index (χ1v) is 10.5. The zero-order valence-corrected chi connectivity index (χ0v) is 17.0. The second-order valence-electron chi connectivity index (χ2n) is 8.67. The first-order chi connectivity index (χ1) is 14.1. The molecule has 0 amide bonds. The van der Waals surface area contributed by atoms with E-state index in [9.17, 15) is 4.79 Å². The largest absolute Gasteiger partial charge is 0.357 e. The van der Waals surface area contributed by atoms with Crippen LogP contribution in [-0.2, 0) is 6.42 Å². The molecular weight excluding hydrogens is 364 g/mol. The van der Waals surface area contributed by atoms with Crippen LogP contribution in [0.1, 0.15) is 45.2 Å². The molecule has 1 saturated heterocycles. The predicted octanol–water partition coefficient (Wildman–Crippen LogP) is 3.15. The van der Waals surface area contributed by atoms with E-state index in [1.807, 2.05) is 19.1 Å². The summed E-state index contributed by atoms with van der Waals surface area (Å²) in [4.78, 5) is 32.8. The number of fused-ring (bicyclic) bond motifs is 1. The number of aromatic nitrogens is 5. The highest BCUT2D eigenvalue weighted by Crippen LogP contribution is 2.52. The number of hydrogen-bond donors (Lipinski definition) is 0. The van der Waals surface area contributed by atoms with Gasteiger partial charge in [0.15, 0.2) is 5.65 Å². The smallest absolute Gasteiger partial charge is 0.269 e. The summed E-state index contributed by atoms with van der Waals surface area (Å²) >= 11 is 0. The Morgan fingerprint density at radius 1 is 1.10 bits per heavy atom. The maximum absolute atomic E-state index is 13.0. The molecule has 0 radical (unpaired) electrons. The second-order valence-corrected chi connectivity index (χ2v) is 8.67. The molecule has 0 N–H and O–H groups in total. The molecule has 29 heavy (non-hydrogen) atoms. The van der Waals surface area contributed by atoms with Crippen LogP contribution in [0.2, 0.25) is 0 Å². The number of rotatable bonds is 3. The van der Waals surface area contributed by atoms with Crippen molar-refractivity contribution in [3.05, 3.63) is 47.0 Å². The minimum absolute atomic E-state index is 0.152. The van der Waals surface area contributed by atoms with Gasteiger partial charge in [0, 0.05) is 13.1 Å². The standard InChI is InChI=1S/C22H26N6O/c1-3-17-19-20(25-13-24-17)26-14-28(21(19)29)16-4-5-18(23-12-16)27-8-6-22(7-9-27)10-15(2)11-22/h4-5,12-15H,3,6-11H2,1-2H3. The molecule has 2 aliphatic rings. The van der Waals surface area contributed by atoms with Gasteiger partial charge in [0.25, 0.3) is 5.56 Å². The lowest BCUT2D eigenvalue weighted by molar-refractivity contribution is 0.0380. The van der Waals surface area contributed by atoms with Crippen LogP contribution in [-0.4, -0.2) is 37.6 Å². The van der Waals surface area contributed by atoms with E-state index < -0.39 is 0 Å². The molecule has 1 aliphatic carbocycles. The molecule has 3 aromatic rings. The van der Waals surface area contributed by atoms with Crippen molar-refractivity contribution in [2.45, 2.75) is 46.0 Å². The van der Waals surface area contributed by atoms with Crippen LogP contribution in [0.3, 0.4) is 0 Å². The van der Waals surface area contributed by atoms with Crippen molar-refractivity contribution >= 4 is 16.9 Å². The van der Waals surface area contributed by atoms with Crippen molar-refractivity contribution in [2.75, 3.05) is 18.0 Å². The van der Waals surface area contributed by atoms with Crippen molar-refractivity contribution in [3.63, 3.8) is 0 Å². The Morgan fingerprint density at radius 2 is 1.90 bits per heavy atom. The van der Waals surface area contributed by atoms with Gasteiger partial charge in [0.05, 0.1) is 17.6 Å². The molecule has 0 atom stereocenters. The fourth-order valence-corrected chi connectivity index (χ4v) is 5.21. The molecule has 0 bridgehead atoms. The average molecular weight is 390 g/mol. The summed E-state index contributed by atoms with van der Waals surface area (Å²) in [6.07, 6.45) is 10.7. The van der Waals surface area contributed by atoms with E-state index in [1.54, 1.807) is 6.20 Å². The quantitative estimate of drug-likeness (QED) is 0.684. The van der Waals surface area contributed by atoms with Crippen molar-refractivity contribution in [1.82, 2.24) is 24.5 Å². The summed E-state index contributed by atoms with van der Waals surface area (Å²) in [7, 11) is 0. The van der Waals surface area contributed by atoms with E-state index in [2.05, 4.69) is 31.8 Å². The van der Waals surface area contributed by atoms with Gasteiger partial charge in [0.2, 0.25) is 0 Å². The molecule has 2 fully saturated rings. The molecule has 0 unspecified atom stereocenters. The van der Waals surface area contributed by atoms with Gasteiger partial charge in [-0.3, -0.25) is 9.36 Å². The van der Waals surface area contributed by atoms with Crippen molar-refractivity contribution in [3.8, 4) is 5.69 Å². The zero-order valence-electron chi connectivity index (χ0n) is 17.0. The van der Waals surface area contributed by atoms with Gasteiger partial charge in [-0.1, -0.05) is 13.8 Å². The van der Waals surface area contributed by atoms with E-state index in [4.69, 9.17) is 0 Å². The number of nitrogens with zero attached hydrogens (tertiary/aromatic N) is 6. The van der Waals surface area contributed by atoms with Crippen molar-refractivity contribution in [1.29, 1.82) is 0 Å². The number of piperidine rings is 1. The van der Waals surface area contributed by atoms with Gasteiger partial charge < -0.3 is 4.90 Å². The highest BCUT2D eigenvalue weighted by atomic mass is 16.1. The lowest BCUT2D eigenvalue weighted by Gasteiger charge is -2.51. The van der Waals surface area contributed by atoms with Gasteiger partial charge in [-0.2, -0.15) is 0 Å². The lowest BCUT2D eigenvalue weighted by atomic mass is 9.58. The number of aryl methyl sites for hydroxylation is 1. The summed E-state index contributed by atoms with van der Waals surface area (Å²) in [6, 6.07) is 3.96. The SMILES string of the molecule is CCc1ncnc2ncn(-c3ccc(N4CCC5(CC4)CC(C)C5)nc3)c(=O)c12. The lowest BCUT2D eigenvalue weighted by Crippen LogP contribution is -2.46. The summed E-state index contributed by atoms with van der Waals surface area (Å²) in [5, 5.41) is 0.484. The first-order valence-electron chi connectivity index (χ1n) is 10.5. The van der Waals surface area contributed by atoms with Gasteiger partial charge in [-0.05, 0) is 55.6 Å². The molecule has 0 aromatic carbocycles. The highest BCUT2D eigenvalue weighted by molar-refractivity contribution is 5.76. The van der Waals surface area contributed by atoms with Crippen LogP contribution in [0.5, 0.6) is 0 Å². The van der Waals surface area contributed by atoms with E-state index in [0.29, 0.717) is 28.6 Å². The van der Waals surface area contributed by atoms with E-state index >= 15 is 0 Å². The third kappa shape index (κ3) is 3.09. The van der Waals surface area contributed by atoms with Crippen LogP contribution < -0.4 is 10.5 Å². The molecule has 3 aromatic heterocycles. The number of anilines is 1. The minimum Gasteiger partial charge on any atom is -0.357 e. The fourth-order valence-electron chi connectivity index (χ4n) is 5.21. The van der Waals surface area contributed by atoms with Crippen LogP contribution >= 0.6 is 0 Å². The Bertz CT molecular complexity index is 1090. The van der Waals surface area contributed by atoms with Crippen LogP contribution in [0, 0.1) is 11.3 Å². The Balaban J connectivity index is 1.40. The molecule has 1 spiro atoms. The normalized spacial score (nSPS) is 18.9. The van der Waals surface area contributed by atoms with Gasteiger partial charge in [-0.25, -0.2) is 19.9 Å². The zero-order chi connectivity index (χ0) is 20.0. The Morgan fingerprint density at radius 3 is 2.55 bits per heavy atom.